The molecule has 0 aromatic rings. The lowest BCUT2D eigenvalue weighted by atomic mass is 10.8. The third-order valence-corrected chi connectivity index (χ3v) is 4.57. The van der Waals surface area contributed by atoms with Gasteiger partial charge in [-0.15, -0.1) is 0 Å². The van der Waals surface area contributed by atoms with Gasteiger partial charge < -0.3 is 27.5 Å². The topological polar surface area (TPSA) is 55.4 Å². The van der Waals surface area contributed by atoms with Gasteiger partial charge in [-0.3, -0.25) is 0 Å². The summed E-state index contributed by atoms with van der Waals surface area (Å²) in [5, 5.41) is 0. The van der Waals surface area contributed by atoms with Crippen LogP contribution in [-0.2, 0) is 27.5 Å². The van der Waals surface area contributed by atoms with Gasteiger partial charge >= 0.3 is 8.80 Å². The van der Waals surface area contributed by atoms with Crippen LogP contribution in [0, 0.1) is 0 Å². The van der Waals surface area contributed by atoms with Gasteiger partial charge in [0.05, 0.1) is 39.6 Å². The minimum absolute atomic E-state index is 0.472. The van der Waals surface area contributed by atoms with E-state index in [-0.39, 0.29) is 0 Å². The first-order valence-electron chi connectivity index (χ1n) is 7.33. The average Bonchev–Trinajstić information content (AvgIpc) is 2.45. The fraction of sp³-hybridized carbons (Fsp3) is 1.00. The van der Waals surface area contributed by atoms with Crippen LogP contribution in [-0.4, -0.2) is 68.3 Å². The Bertz CT molecular complexity index is 174. The van der Waals surface area contributed by atoms with E-state index in [9.17, 15) is 0 Å². The highest BCUT2D eigenvalue weighted by Crippen LogP contribution is 2.09. The van der Waals surface area contributed by atoms with Crippen molar-refractivity contribution in [2.45, 2.75) is 27.3 Å². The average molecular weight is 310 g/mol. The van der Waals surface area contributed by atoms with Crippen molar-refractivity contribution in [1.29, 1.82) is 0 Å². The zero-order valence-electron chi connectivity index (χ0n) is 13.3. The largest absolute Gasteiger partial charge is 0.497 e. The Kier molecular flexibility index (Phi) is 13.9. The Balaban J connectivity index is 3.98. The van der Waals surface area contributed by atoms with Crippen molar-refractivity contribution in [3.63, 3.8) is 0 Å². The highest BCUT2D eigenvalue weighted by atomic mass is 28.4. The van der Waals surface area contributed by atoms with Crippen molar-refractivity contribution in [3.05, 3.63) is 0 Å². The van der Waals surface area contributed by atoms with Crippen LogP contribution >= 0.6 is 0 Å². The Morgan fingerprint density at radius 1 is 0.550 bits per heavy atom. The summed E-state index contributed by atoms with van der Waals surface area (Å²) in [4.78, 5) is 0. The van der Waals surface area contributed by atoms with E-state index in [2.05, 4.69) is 0 Å². The molecule has 0 atom stereocenters. The molecule has 0 saturated carbocycles. The first-order valence-corrected chi connectivity index (χ1v) is 9.56. The number of rotatable bonds is 15. The second-order valence-electron chi connectivity index (χ2n) is 4.00. The Morgan fingerprint density at radius 2 is 0.850 bits per heavy atom. The summed E-state index contributed by atoms with van der Waals surface area (Å²) in [5.74, 6) is 0. The molecule has 0 saturated heterocycles. The van der Waals surface area contributed by atoms with Crippen LogP contribution in [0.4, 0.5) is 0 Å². The highest BCUT2D eigenvalue weighted by molar-refractivity contribution is 6.59. The number of hydrogen-bond donors (Lipinski definition) is 0. The summed E-state index contributed by atoms with van der Waals surface area (Å²) in [7, 11) is -2.64. The molecular weight excluding hydrogens is 280 g/mol. The molecule has 0 bridgehead atoms. The smallest absolute Gasteiger partial charge is 0.379 e. The van der Waals surface area contributed by atoms with Gasteiger partial charge in [0.15, 0.2) is 0 Å². The molecule has 0 aliphatic heterocycles. The van der Waals surface area contributed by atoms with Gasteiger partial charge in [-0.25, -0.2) is 0 Å². The monoisotopic (exact) mass is 310 g/mol. The third kappa shape index (κ3) is 11.8. The summed E-state index contributed by atoms with van der Waals surface area (Å²) >= 11 is 0. The zero-order chi connectivity index (χ0) is 15.1. The molecule has 0 aromatic carbocycles. The summed E-state index contributed by atoms with van der Waals surface area (Å²) in [6.07, 6.45) is 0. The van der Waals surface area contributed by atoms with Crippen LogP contribution in [0.2, 0.25) is 6.55 Å². The fourth-order valence-electron chi connectivity index (χ4n) is 1.42. The predicted octanol–water partition coefficient (Wildman–Crippen LogP) is 1.71. The van der Waals surface area contributed by atoms with Gasteiger partial charge in [0.25, 0.3) is 0 Å². The molecule has 0 aromatic heterocycles. The minimum atomic E-state index is -2.64. The summed E-state index contributed by atoms with van der Waals surface area (Å²) in [5.41, 5.74) is 0. The second kappa shape index (κ2) is 13.9. The molecular formula is C13H30O6Si. The van der Waals surface area contributed by atoms with Crippen molar-refractivity contribution in [3.8, 4) is 0 Å². The molecule has 0 spiro atoms. The second-order valence-corrected chi connectivity index (χ2v) is 6.59. The van der Waals surface area contributed by atoms with E-state index in [1.54, 1.807) is 0 Å². The Labute approximate surface area is 124 Å². The minimum Gasteiger partial charge on any atom is -0.379 e. The highest BCUT2D eigenvalue weighted by Gasteiger charge is 2.34. The summed E-state index contributed by atoms with van der Waals surface area (Å²) in [6.45, 7) is 12.8. The quantitative estimate of drug-likeness (QED) is 0.339. The Morgan fingerprint density at radius 3 is 1.10 bits per heavy atom. The molecule has 0 radical (unpaired) electrons. The molecule has 0 heterocycles. The van der Waals surface area contributed by atoms with Crippen LogP contribution in [0.5, 0.6) is 0 Å². The maximum absolute atomic E-state index is 5.75. The van der Waals surface area contributed by atoms with Crippen LogP contribution < -0.4 is 0 Å². The van der Waals surface area contributed by atoms with E-state index < -0.39 is 8.80 Å². The van der Waals surface area contributed by atoms with Crippen LogP contribution in [0.3, 0.4) is 0 Å². The normalized spacial score (nSPS) is 12.0. The molecule has 0 unspecified atom stereocenters. The van der Waals surface area contributed by atoms with Gasteiger partial charge in [0.1, 0.15) is 0 Å². The predicted molar refractivity (Wildman–Crippen MR) is 79.0 cm³/mol. The van der Waals surface area contributed by atoms with Crippen molar-refractivity contribution >= 4 is 8.80 Å². The van der Waals surface area contributed by atoms with Gasteiger partial charge in [-0.1, -0.05) is 0 Å². The zero-order valence-corrected chi connectivity index (χ0v) is 14.3. The molecule has 0 fully saturated rings. The molecule has 6 nitrogen and oxygen atoms in total. The number of hydrogen-bond acceptors (Lipinski definition) is 6. The Hall–Kier alpha value is -0.0231. The van der Waals surface area contributed by atoms with Gasteiger partial charge in [0, 0.05) is 26.4 Å². The van der Waals surface area contributed by atoms with E-state index in [4.69, 9.17) is 27.5 Å². The molecule has 7 heteroatoms. The van der Waals surface area contributed by atoms with E-state index in [0.29, 0.717) is 59.5 Å². The van der Waals surface area contributed by atoms with E-state index in [1.807, 2.05) is 27.3 Å². The molecule has 20 heavy (non-hydrogen) atoms. The molecule has 122 valence electrons. The van der Waals surface area contributed by atoms with Gasteiger partial charge in [-0.05, 0) is 20.8 Å². The SMILES string of the molecule is CCOCCO[Si](C)(OCCOCC)OCCOCC. The maximum atomic E-state index is 5.75. The lowest BCUT2D eigenvalue weighted by Gasteiger charge is -2.26. The van der Waals surface area contributed by atoms with Crippen molar-refractivity contribution in [2.75, 3.05) is 59.5 Å². The van der Waals surface area contributed by atoms with Crippen LogP contribution in [0.1, 0.15) is 20.8 Å². The summed E-state index contributed by atoms with van der Waals surface area (Å²) < 4.78 is 33.0. The van der Waals surface area contributed by atoms with Crippen molar-refractivity contribution in [1.82, 2.24) is 0 Å². The first kappa shape index (κ1) is 20.0. The molecule has 0 aliphatic rings. The fourth-order valence-corrected chi connectivity index (χ4v) is 3.03. The maximum Gasteiger partial charge on any atom is 0.497 e. The lowest BCUT2D eigenvalue weighted by Crippen LogP contribution is -2.45. The molecule has 0 N–H and O–H groups in total. The lowest BCUT2D eigenvalue weighted by molar-refractivity contribution is 0.00747. The standard InChI is InChI=1S/C13H30O6Si/c1-5-14-8-11-17-20(4,18-12-9-15-6-2)19-13-10-16-7-3/h5-13H2,1-4H3. The van der Waals surface area contributed by atoms with E-state index >= 15 is 0 Å². The molecule has 0 aliphatic carbocycles. The first-order chi connectivity index (χ1) is 9.68. The van der Waals surface area contributed by atoms with Crippen LogP contribution in [0.15, 0.2) is 0 Å². The van der Waals surface area contributed by atoms with Gasteiger partial charge in [-0.2, -0.15) is 0 Å². The number of ether oxygens (including phenoxy) is 3. The van der Waals surface area contributed by atoms with E-state index in [0.717, 1.165) is 0 Å². The van der Waals surface area contributed by atoms with Crippen LogP contribution in [0.25, 0.3) is 0 Å². The van der Waals surface area contributed by atoms with E-state index in [1.165, 1.54) is 0 Å². The van der Waals surface area contributed by atoms with Gasteiger partial charge in [0.2, 0.25) is 0 Å². The van der Waals surface area contributed by atoms with Crippen molar-refractivity contribution < 1.29 is 27.5 Å². The third-order valence-electron chi connectivity index (χ3n) is 2.39. The van der Waals surface area contributed by atoms with Crippen molar-refractivity contribution in [2.24, 2.45) is 0 Å². The summed E-state index contributed by atoms with van der Waals surface area (Å²) in [6, 6.07) is 0. The molecule has 0 rings (SSSR count). The molecule has 0 amide bonds.